The van der Waals surface area contributed by atoms with Crippen molar-refractivity contribution in [3.05, 3.63) is 29.3 Å². The van der Waals surface area contributed by atoms with Crippen LogP contribution >= 0.6 is 11.8 Å². The van der Waals surface area contributed by atoms with Crippen LogP contribution in [0.25, 0.3) is 5.69 Å². The lowest BCUT2D eigenvalue weighted by molar-refractivity contribution is -0.118. The second-order valence-corrected chi connectivity index (χ2v) is 6.93. The molecule has 2 aromatic rings. The van der Waals surface area contributed by atoms with Gasteiger partial charge in [-0.3, -0.25) is 4.79 Å². The topological polar surface area (TPSA) is 72.7 Å². The molecule has 1 amide bonds. The third kappa shape index (κ3) is 5.06. The lowest BCUT2D eigenvalue weighted by Crippen LogP contribution is -2.27. The van der Waals surface area contributed by atoms with Crippen LogP contribution in [0.4, 0.5) is 0 Å². The number of aryl methyl sites for hydroxylation is 2. The molecule has 0 saturated heterocycles. The molecular weight excluding hydrogens is 310 g/mol. The van der Waals surface area contributed by atoms with Crippen LogP contribution in [0, 0.1) is 19.8 Å². The van der Waals surface area contributed by atoms with Crippen molar-refractivity contribution in [1.29, 1.82) is 0 Å². The third-order valence-electron chi connectivity index (χ3n) is 3.40. The van der Waals surface area contributed by atoms with Crippen molar-refractivity contribution < 1.29 is 4.79 Å². The van der Waals surface area contributed by atoms with Gasteiger partial charge >= 0.3 is 0 Å². The molecular formula is C16H23N5OS. The van der Waals surface area contributed by atoms with Crippen molar-refractivity contribution in [2.45, 2.75) is 39.3 Å². The fraction of sp³-hybridized carbons (Fsp3) is 0.500. The highest BCUT2D eigenvalue weighted by Gasteiger charge is 2.13. The maximum Gasteiger partial charge on any atom is 0.230 e. The normalized spacial score (nSPS) is 11.0. The first kappa shape index (κ1) is 17.5. The number of thioether (sulfide) groups is 1. The molecule has 2 rings (SSSR count). The fourth-order valence-corrected chi connectivity index (χ4v) is 2.86. The summed E-state index contributed by atoms with van der Waals surface area (Å²) >= 11 is 1.34. The first-order valence-corrected chi connectivity index (χ1v) is 8.71. The third-order valence-corrected chi connectivity index (χ3v) is 4.32. The molecule has 23 heavy (non-hydrogen) atoms. The number of hydrogen-bond donors (Lipinski definition) is 1. The SMILES string of the molecule is Cc1ccc(-n2nnnc2SCC(=O)NCCC(C)C)c(C)c1. The van der Waals surface area contributed by atoms with Crippen LogP contribution in [-0.4, -0.2) is 38.4 Å². The first-order chi connectivity index (χ1) is 11.0. The van der Waals surface area contributed by atoms with E-state index in [4.69, 9.17) is 0 Å². The summed E-state index contributed by atoms with van der Waals surface area (Å²) in [6.45, 7) is 9.06. The van der Waals surface area contributed by atoms with E-state index in [-0.39, 0.29) is 5.91 Å². The number of carbonyl (C=O) groups excluding carboxylic acids is 1. The van der Waals surface area contributed by atoms with Crippen LogP contribution < -0.4 is 5.32 Å². The Hall–Kier alpha value is -1.89. The van der Waals surface area contributed by atoms with Crippen LogP contribution in [0.2, 0.25) is 0 Å². The average Bonchev–Trinajstić information content (AvgIpc) is 2.93. The van der Waals surface area contributed by atoms with Gasteiger partial charge < -0.3 is 5.32 Å². The van der Waals surface area contributed by atoms with E-state index in [9.17, 15) is 4.79 Å². The highest BCUT2D eigenvalue weighted by Crippen LogP contribution is 2.21. The summed E-state index contributed by atoms with van der Waals surface area (Å²) < 4.78 is 1.68. The predicted molar refractivity (Wildman–Crippen MR) is 91.8 cm³/mol. The molecule has 0 spiro atoms. The van der Waals surface area contributed by atoms with Gasteiger partial charge in [-0.1, -0.05) is 43.3 Å². The second-order valence-electron chi connectivity index (χ2n) is 5.98. The van der Waals surface area contributed by atoms with E-state index in [0.29, 0.717) is 23.4 Å². The lowest BCUT2D eigenvalue weighted by Gasteiger charge is -2.09. The zero-order chi connectivity index (χ0) is 16.8. The number of rotatable bonds is 7. The van der Waals surface area contributed by atoms with Crippen molar-refractivity contribution in [1.82, 2.24) is 25.5 Å². The lowest BCUT2D eigenvalue weighted by atomic mass is 10.1. The van der Waals surface area contributed by atoms with E-state index in [1.54, 1.807) is 4.68 Å². The highest BCUT2D eigenvalue weighted by atomic mass is 32.2. The van der Waals surface area contributed by atoms with Crippen molar-refractivity contribution >= 4 is 17.7 Å². The van der Waals surface area contributed by atoms with Crippen molar-refractivity contribution in [2.75, 3.05) is 12.3 Å². The summed E-state index contributed by atoms with van der Waals surface area (Å²) in [5.74, 6) is 0.897. The Kier molecular flexibility index (Phi) is 6.15. The van der Waals surface area contributed by atoms with Gasteiger partial charge in [-0.25, -0.2) is 0 Å². The largest absolute Gasteiger partial charge is 0.355 e. The molecule has 1 aromatic carbocycles. The summed E-state index contributed by atoms with van der Waals surface area (Å²) in [6.07, 6.45) is 0.983. The molecule has 0 unspecified atom stereocenters. The monoisotopic (exact) mass is 333 g/mol. The molecule has 0 saturated carbocycles. The molecule has 0 aliphatic heterocycles. The summed E-state index contributed by atoms with van der Waals surface area (Å²) in [6, 6.07) is 6.11. The molecule has 0 bridgehead atoms. The zero-order valence-corrected chi connectivity index (χ0v) is 14.9. The van der Waals surface area contributed by atoms with E-state index >= 15 is 0 Å². The minimum absolute atomic E-state index is 0.00540. The molecule has 0 aliphatic carbocycles. The number of benzene rings is 1. The van der Waals surface area contributed by atoms with Crippen LogP contribution in [0.15, 0.2) is 23.4 Å². The predicted octanol–water partition coefficient (Wildman–Crippen LogP) is 2.53. The van der Waals surface area contributed by atoms with Crippen LogP contribution in [0.5, 0.6) is 0 Å². The number of aromatic nitrogens is 4. The summed E-state index contributed by atoms with van der Waals surface area (Å²) in [4.78, 5) is 11.9. The van der Waals surface area contributed by atoms with Gasteiger partial charge in [-0.2, -0.15) is 4.68 Å². The number of hydrogen-bond acceptors (Lipinski definition) is 5. The van der Waals surface area contributed by atoms with Gasteiger partial charge in [-0.05, 0) is 48.2 Å². The Bertz CT molecular complexity index is 668. The average molecular weight is 333 g/mol. The number of nitrogens with zero attached hydrogens (tertiary/aromatic N) is 4. The number of carbonyl (C=O) groups is 1. The number of amides is 1. The quantitative estimate of drug-likeness (QED) is 0.788. The van der Waals surface area contributed by atoms with Crippen LogP contribution in [0.3, 0.4) is 0 Å². The fourth-order valence-electron chi connectivity index (χ4n) is 2.14. The molecule has 0 radical (unpaired) electrons. The van der Waals surface area contributed by atoms with E-state index in [1.165, 1.54) is 17.3 Å². The highest BCUT2D eigenvalue weighted by molar-refractivity contribution is 7.99. The van der Waals surface area contributed by atoms with E-state index < -0.39 is 0 Å². The first-order valence-electron chi connectivity index (χ1n) is 7.73. The van der Waals surface area contributed by atoms with Gasteiger partial charge in [0.15, 0.2) is 0 Å². The van der Waals surface area contributed by atoms with Gasteiger partial charge in [0.05, 0.1) is 11.4 Å². The molecule has 1 heterocycles. The van der Waals surface area contributed by atoms with Crippen LogP contribution in [-0.2, 0) is 4.79 Å². The van der Waals surface area contributed by atoms with E-state index in [1.807, 2.05) is 26.0 Å². The van der Waals surface area contributed by atoms with Gasteiger partial charge in [0.2, 0.25) is 11.1 Å². The molecule has 7 heteroatoms. The summed E-state index contributed by atoms with van der Waals surface area (Å²) in [7, 11) is 0. The van der Waals surface area contributed by atoms with Crippen molar-refractivity contribution in [3.8, 4) is 5.69 Å². The van der Waals surface area contributed by atoms with Gasteiger partial charge in [-0.15, -0.1) is 5.10 Å². The maximum atomic E-state index is 11.9. The molecule has 0 fully saturated rings. The van der Waals surface area contributed by atoms with Gasteiger partial charge in [0.25, 0.3) is 0 Å². The Morgan fingerprint density at radius 3 is 2.83 bits per heavy atom. The number of tetrazole rings is 1. The minimum atomic E-state index is 0.00540. The van der Waals surface area contributed by atoms with Gasteiger partial charge in [0, 0.05) is 6.54 Å². The Labute approximate surface area is 141 Å². The Morgan fingerprint density at radius 2 is 2.13 bits per heavy atom. The molecule has 124 valence electrons. The Morgan fingerprint density at radius 1 is 1.35 bits per heavy atom. The molecule has 1 N–H and O–H groups in total. The van der Waals surface area contributed by atoms with Crippen molar-refractivity contribution in [3.63, 3.8) is 0 Å². The standard InChI is InChI=1S/C16H23N5OS/c1-11(2)7-8-17-15(22)10-23-16-18-19-20-21(16)14-6-5-12(3)9-13(14)4/h5-6,9,11H,7-8,10H2,1-4H3,(H,17,22). The summed E-state index contributed by atoms with van der Waals surface area (Å²) in [5, 5.41) is 15.3. The second kappa shape index (κ2) is 8.10. The van der Waals surface area contributed by atoms with E-state index in [0.717, 1.165) is 17.7 Å². The van der Waals surface area contributed by atoms with Crippen LogP contribution in [0.1, 0.15) is 31.4 Å². The molecule has 0 atom stereocenters. The molecule has 0 aliphatic rings. The maximum absolute atomic E-state index is 11.9. The minimum Gasteiger partial charge on any atom is -0.355 e. The Balaban J connectivity index is 1.97. The smallest absolute Gasteiger partial charge is 0.230 e. The number of nitrogens with one attached hydrogen (secondary N) is 1. The molecule has 6 nitrogen and oxygen atoms in total. The van der Waals surface area contributed by atoms with E-state index in [2.05, 4.69) is 40.8 Å². The zero-order valence-electron chi connectivity index (χ0n) is 14.0. The van der Waals surface area contributed by atoms with Gasteiger partial charge in [0.1, 0.15) is 0 Å². The molecule has 1 aromatic heterocycles. The van der Waals surface area contributed by atoms with Crippen molar-refractivity contribution in [2.24, 2.45) is 5.92 Å². The summed E-state index contributed by atoms with van der Waals surface area (Å²) in [5.41, 5.74) is 3.22.